The van der Waals surface area contributed by atoms with Crippen LogP contribution in [0.1, 0.15) is 0 Å². The van der Waals surface area contributed by atoms with Gasteiger partial charge in [-0.1, -0.05) is 30.3 Å². The Morgan fingerprint density at radius 2 is 1.81 bits per heavy atom. The van der Waals surface area contributed by atoms with Gasteiger partial charge in [0.05, 0.1) is 22.9 Å². The molecule has 1 aromatic heterocycles. The first-order chi connectivity index (χ1) is 7.93. The van der Waals surface area contributed by atoms with Crippen LogP contribution in [0, 0.1) is 6.07 Å². The molecule has 16 heavy (non-hydrogen) atoms. The first-order valence-corrected chi connectivity index (χ1v) is 5.12. The van der Waals surface area contributed by atoms with Crippen molar-refractivity contribution in [1.82, 2.24) is 9.97 Å². The van der Waals surface area contributed by atoms with Crippen molar-refractivity contribution in [3.63, 3.8) is 0 Å². The number of nitrogens with zero attached hydrogens (tertiary/aromatic N) is 2. The van der Waals surface area contributed by atoms with Crippen molar-refractivity contribution in [3.8, 4) is 11.3 Å². The van der Waals surface area contributed by atoms with Crippen LogP contribution in [0.2, 0.25) is 0 Å². The van der Waals surface area contributed by atoms with Crippen LogP contribution < -0.4 is 0 Å². The van der Waals surface area contributed by atoms with Crippen molar-refractivity contribution in [1.29, 1.82) is 0 Å². The fourth-order valence-electron chi connectivity index (χ4n) is 1.65. The number of hydrogen-bond donors (Lipinski definition) is 0. The van der Waals surface area contributed by atoms with Gasteiger partial charge >= 0.3 is 0 Å². The second kappa shape index (κ2) is 3.74. The number of hydrogen-bond acceptors (Lipinski definition) is 2. The Morgan fingerprint density at radius 3 is 2.62 bits per heavy atom. The van der Waals surface area contributed by atoms with E-state index in [0.717, 1.165) is 22.3 Å². The van der Waals surface area contributed by atoms with Crippen LogP contribution >= 0.6 is 0 Å². The van der Waals surface area contributed by atoms with Gasteiger partial charge in [0, 0.05) is 5.56 Å². The monoisotopic (exact) mass is 205 g/mol. The zero-order chi connectivity index (χ0) is 10.8. The highest BCUT2D eigenvalue weighted by Gasteiger charge is 2.00. The Labute approximate surface area is 93.6 Å². The maximum atomic E-state index is 4.56. The fourth-order valence-corrected chi connectivity index (χ4v) is 1.65. The number of aromatic nitrogens is 2. The third-order valence-corrected chi connectivity index (χ3v) is 2.45. The average molecular weight is 205 g/mol. The van der Waals surface area contributed by atoms with Gasteiger partial charge in [-0.05, 0) is 24.3 Å². The third-order valence-electron chi connectivity index (χ3n) is 2.45. The summed E-state index contributed by atoms with van der Waals surface area (Å²) in [6.45, 7) is 0. The molecule has 2 nitrogen and oxygen atoms in total. The first-order valence-electron chi connectivity index (χ1n) is 5.12. The van der Waals surface area contributed by atoms with E-state index in [1.54, 1.807) is 6.20 Å². The standard InChI is InChI=1S/C14H9N2/c1-2-6-11(7-3-1)14-10-15-12-8-4-5-9-13(12)16-14/h1-2,4-10H. The summed E-state index contributed by atoms with van der Waals surface area (Å²) in [6, 6.07) is 18.7. The summed E-state index contributed by atoms with van der Waals surface area (Å²) in [5, 5.41) is 0. The van der Waals surface area contributed by atoms with Gasteiger partial charge in [-0.15, -0.1) is 0 Å². The zero-order valence-corrected chi connectivity index (χ0v) is 8.59. The Morgan fingerprint density at radius 1 is 0.938 bits per heavy atom. The highest BCUT2D eigenvalue weighted by atomic mass is 14.8. The van der Waals surface area contributed by atoms with Crippen LogP contribution in [0.5, 0.6) is 0 Å². The molecule has 0 amide bonds. The molecule has 0 fully saturated rings. The first kappa shape index (κ1) is 9.04. The van der Waals surface area contributed by atoms with Crippen LogP contribution in [0.3, 0.4) is 0 Å². The maximum Gasteiger partial charge on any atom is 0.0894 e. The molecule has 3 rings (SSSR count). The molecule has 0 unspecified atom stereocenters. The van der Waals surface area contributed by atoms with E-state index in [-0.39, 0.29) is 0 Å². The molecule has 2 aromatic carbocycles. The number of benzene rings is 2. The van der Waals surface area contributed by atoms with Gasteiger partial charge in [0.15, 0.2) is 0 Å². The maximum absolute atomic E-state index is 4.56. The highest BCUT2D eigenvalue weighted by molar-refractivity contribution is 5.76. The van der Waals surface area contributed by atoms with E-state index in [2.05, 4.69) is 16.0 Å². The quantitative estimate of drug-likeness (QED) is 0.610. The van der Waals surface area contributed by atoms with Gasteiger partial charge in [0.1, 0.15) is 0 Å². The molecule has 0 bridgehead atoms. The summed E-state index contributed by atoms with van der Waals surface area (Å²) in [5.41, 5.74) is 3.77. The summed E-state index contributed by atoms with van der Waals surface area (Å²) in [7, 11) is 0. The molecular weight excluding hydrogens is 196 g/mol. The van der Waals surface area contributed by atoms with Crippen molar-refractivity contribution >= 4 is 11.0 Å². The molecule has 0 saturated heterocycles. The minimum absolute atomic E-state index is 0.885. The Bertz CT molecular complexity index is 618. The van der Waals surface area contributed by atoms with E-state index in [1.807, 2.05) is 48.5 Å². The normalized spacial score (nSPS) is 10.5. The van der Waals surface area contributed by atoms with E-state index in [0.29, 0.717) is 0 Å². The largest absolute Gasteiger partial charge is 0.252 e. The molecule has 75 valence electrons. The smallest absolute Gasteiger partial charge is 0.0894 e. The van der Waals surface area contributed by atoms with E-state index in [4.69, 9.17) is 0 Å². The molecule has 0 aliphatic carbocycles. The summed E-state index contributed by atoms with van der Waals surface area (Å²) in [5.74, 6) is 0. The topological polar surface area (TPSA) is 25.8 Å². The Hall–Kier alpha value is -2.22. The van der Waals surface area contributed by atoms with Crippen molar-refractivity contribution in [2.45, 2.75) is 0 Å². The number of fused-ring (bicyclic) bond motifs is 1. The molecular formula is C14H9N2. The lowest BCUT2D eigenvalue weighted by molar-refractivity contribution is 1.29. The summed E-state index contributed by atoms with van der Waals surface area (Å²) in [6.07, 6.45) is 1.80. The molecule has 0 saturated carbocycles. The third kappa shape index (κ3) is 1.54. The van der Waals surface area contributed by atoms with Crippen LogP contribution in [0.4, 0.5) is 0 Å². The van der Waals surface area contributed by atoms with Gasteiger partial charge in [0.25, 0.3) is 0 Å². The molecule has 0 aliphatic heterocycles. The van der Waals surface area contributed by atoms with E-state index in [1.165, 1.54) is 0 Å². The van der Waals surface area contributed by atoms with Gasteiger partial charge in [-0.25, -0.2) is 4.98 Å². The average Bonchev–Trinajstić information content (AvgIpc) is 2.39. The summed E-state index contributed by atoms with van der Waals surface area (Å²) < 4.78 is 0. The minimum Gasteiger partial charge on any atom is -0.252 e. The summed E-state index contributed by atoms with van der Waals surface area (Å²) in [4.78, 5) is 8.94. The van der Waals surface area contributed by atoms with E-state index >= 15 is 0 Å². The molecule has 0 aliphatic rings. The minimum atomic E-state index is 0.885. The van der Waals surface area contributed by atoms with Crippen LogP contribution in [0.15, 0.2) is 54.7 Å². The Kier molecular flexibility index (Phi) is 2.11. The van der Waals surface area contributed by atoms with Crippen LogP contribution in [-0.2, 0) is 0 Å². The molecule has 3 aromatic rings. The summed E-state index contributed by atoms with van der Waals surface area (Å²) >= 11 is 0. The van der Waals surface area contributed by atoms with E-state index < -0.39 is 0 Å². The predicted molar refractivity (Wildman–Crippen MR) is 63.8 cm³/mol. The predicted octanol–water partition coefficient (Wildman–Crippen LogP) is 3.10. The van der Waals surface area contributed by atoms with Crippen LogP contribution in [0.25, 0.3) is 22.3 Å². The number of rotatable bonds is 1. The van der Waals surface area contributed by atoms with Crippen molar-refractivity contribution in [2.75, 3.05) is 0 Å². The van der Waals surface area contributed by atoms with Crippen LogP contribution in [-0.4, -0.2) is 9.97 Å². The second-order valence-electron chi connectivity index (χ2n) is 3.54. The van der Waals surface area contributed by atoms with Gasteiger partial charge in [0.2, 0.25) is 0 Å². The molecule has 1 heterocycles. The lowest BCUT2D eigenvalue weighted by Crippen LogP contribution is -1.87. The van der Waals surface area contributed by atoms with Gasteiger partial charge < -0.3 is 0 Å². The highest BCUT2D eigenvalue weighted by Crippen LogP contribution is 2.17. The van der Waals surface area contributed by atoms with Gasteiger partial charge in [-0.3, -0.25) is 4.98 Å². The second-order valence-corrected chi connectivity index (χ2v) is 3.54. The molecule has 0 atom stereocenters. The lowest BCUT2D eigenvalue weighted by Gasteiger charge is -2.01. The molecule has 0 spiro atoms. The van der Waals surface area contributed by atoms with Gasteiger partial charge in [-0.2, -0.15) is 0 Å². The van der Waals surface area contributed by atoms with E-state index in [9.17, 15) is 0 Å². The van der Waals surface area contributed by atoms with Crippen molar-refractivity contribution in [2.24, 2.45) is 0 Å². The number of para-hydroxylation sites is 2. The molecule has 0 N–H and O–H groups in total. The Balaban J connectivity index is 2.19. The van der Waals surface area contributed by atoms with Crippen molar-refractivity contribution < 1.29 is 0 Å². The zero-order valence-electron chi connectivity index (χ0n) is 8.59. The molecule has 1 radical (unpaired) electrons. The lowest BCUT2D eigenvalue weighted by atomic mass is 10.1. The SMILES string of the molecule is [c]1cccc(-c2cnc3ccccc3n2)c1. The molecule has 2 heteroatoms. The fraction of sp³-hybridized carbons (Fsp3) is 0. The van der Waals surface area contributed by atoms with Crippen molar-refractivity contribution in [3.05, 3.63) is 60.8 Å².